The molecule has 0 bridgehead atoms. The Labute approximate surface area is 116 Å². The standard InChI is InChI=1S/C14H14N2O4/c1-18-9-10-4-3-5-11(6-10)20-13-8-15-7-12(16-13)14(17)19-2/h3-8H,9H2,1-2H3. The summed E-state index contributed by atoms with van der Waals surface area (Å²) < 4.78 is 15.2. The molecule has 2 aromatic rings. The largest absolute Gasteiger partial charge is 0.464 e. The molecule has 1 heterocycles. The van der Waals surface area contributed by atoms with E-state index in [1.807, 2.05) is 18.2 Å². The summed E-state index contributed by atoms with van der Waals surface area (Å²) in [5.41, 5.74) is 1.07. The Balaban J connectivity index is 2.17. The molecule has 104 valence electrons. The Kier molecular flexibility index (Phi) is 4.62. The van der Waals surface area contributed by atoms with Crippen LogP contribution in [0, 0.1) is 0 Å². The molecule has 0 unspecified atom stereocenters. The van der Waals surface area contributed by atoms with Gasteiger partial charge in [-0.25, -0.2) is 9.78 Å². The van der Waals surface area contributed by atoms with Crippen molar-refractivity contribution in [3.8, 4) is 11.6 Å². The fraction of sp³-hybridized carbons (Fsp3) is 0.214. The van der Waals surface area contributed by atoms with E-state index in [9.17, 15) is 4.79 Å². The van der Waals surface area contributed by atoms with E-state index in [1.165, 1.54) is 19.5 Å². The fourth-order valence-electron chi connectivity index (χ4n) is 1.59. The third kappa shape index (κ3) is 3.52. The lowest BCUT2D eigenvalue weighted by molar-refractivity contribution is 0.0592. The highest BCUT2D eigenvalue weighted by molar-refractivity contribution is 5.86. The molecule has 6 nitrogen and oxygen atoms in total. The summed E-state index contributed by atoms with van der Waals surface area (Å²) in [6.45, 7) is 0.491. The van der Waals surface area contributed by atoms with Crippen LogP contribution in [0.4, 0.5) is 0 Å². The van der Waals surface area contributed by atoms with Crippen molar-refractivity contribution in [2.75, 3.05) is 14.2 Å². The van der Waals surface area contributed by atoms with Gasteiger partial charge in [-0.15, -0.1) is 0 Å². The number of hydrogen-bond donors (Lipinski definition) is 0. The molecule has 0 aliphatic carbocycles. The van der Waals surface area contributed by atoms with Gasteiger partial charge in [0.2, 0.25) is 5.88 Å². The van der Waals surface area contributed by atoms with Crippen molar-refractivity contribution in [1.82, 2.24) is 9.97 Å². The van der Waals surface area contributed by atoms with E-state index in [2.05, 4.69) is 14.7 Å². The monoisotopic (exact) mass is 274 g/mol. The minimum absolute atomic E-state index is 0.0954. The van der Waals surface area contributed by atoms with Gasteiger partial charge in [-0.1, -0.05) is 12.1 Å². The molecule has 1 aromatic carbocycles. The van der Waals surface area contributed by atoms with E-state index in [1.54, 1.807) is 13.2 Å². The lowest BCUT2D eigenvalue weighted by Crippen LogP contribution is -2.05. The molecule has 0 spiro atoms. The first-order chi connectivity index (χ1) is 9.72. The van der Waals surface area contributed by atoms with Crippen molar-refractivity contribution in [2.24, 2.45) is 0 Å². The molecule has 0 atom stereocenters. The Morgan fingerprint density at radius 3 is 2.85 bits per heavy atom. The number of nitrogens with zero attached hydrogens (tertiary/aromatic N) is 2. The molecule has 0 N–H and O–H groups in total. The molecule has 0 amide bonds. The molecular formula is C14H14N2O4. The van der Waals surface area contributed by atoms with Gasteiger partial charge in [0.15, 0.2) is 5.69 Å². The number of hydrogen-bond acceptors (Lipinski definition) is 6. The molecule has 0 saturated carbocycles. The number of methoxy groups -OCH3 is 2. The van der Waals surface area contributed by atoms with Crippen molar-refractivity contribution < 1.29 is 19.0 Å². The van der Waals surface area contributed by atoms with Crippen molar-refractivity contribution in [2.45, 2.75) is 6.61 Å². The summed E-state index contributed by atoms with van der Waals surface area (Å²) in [6, 6.07) is 7.38. The quantitative estimate of drug-likeness (QED) is 0.778. The third-order valence-corrected chi connectivity index (χ3v) is 2.44. The van der Waals surface area contributed by atoms with Crippen LogP contribution in [0.15, 0.2) is 36.7 Å². The number of rotatable bonds is 5. The van der Waals surface area contributed by atoms with E-state index in [0.717, 1.165) is 5.56 Å². The first-order valence-corrected chi connectivity index (χ1v) is 5.89. The van der Waals surface area contributed by atoms with Crippen molar-refractivity contribution in [3.05, 3.63) is 47.9 Å². The molecule has 6 heteroatoms. The molecule has 2 rings (SSSR count). The van der Waals surface area contributed by atoms with Crippen LogP contribution in [0.2, 0.25) is 0 Å². The molecule has 0 aliphatic rings. The zero-order valence-electron chi connectivity index (χ0n) is 11.2. The van der Waals surface area contributed by atoms with Gasteiger partial charge in [0.05, 0.1) is 26.1 Å². The Hall–Kier alpha value is -2.47. The third-order valence-electron chi connectivity index (χ3n) is 2.44. The molecular weight excluding hydrogens is 260 g/mol. The summed E-state index contributed by atoms with van der Waals surface area (Å²) >= 11 is 0. The minimum Gasteiger partial charge on any atom is -0.464 e. The fourth-order valence-corrected chi connectivity index (χ4v) is 1.59. The second-order valence-electron chi connectivity index (χ2n) is 3.92. The number of carbonyl (C=O) groups is 1. The summed E-state index contributed by atoms with van der Waals surface area (Å²) in [7, 11) is 2.91. The molecule has 0 fully saturated rings. The SMILES string of the molecule is COCc1cccc(Oc2cncc(C(=O)OC)n2)c1. The Morgan fingerprint density at radius 1 is 1.25 bits per heavy atom. The molecule has 0 radical (unpaired) electrons. The van der Waals surface area contributed by atoms with Gasteiger partial charge in [-0.3, -0.25) is 4.98 Å². The molecule has 0 saturated heterocycles. The van der Waals surface area contributed by atoms with Gasteiger partial charge in [-0.2, -0.15) is 0 Å². The summed E-state index contributed by atoms with van der Waals surface area (Å²) in [4.78, 5) is 19.3. The van der Waals surface area contributed by atoms with Gasteiger partial charge in [0.1, 0.15) is 5.75 Å². The van der Waals surface area contributed by atoms with E-state index in [0.29, 0.717) is 12.4 Å². The van der Waals surface area contributed by atoms with Crippen LogP contribution in [0.1, 0.15) is 16.1 Å². The van der Waals surface area contributed by atoms with Crippen molar-refractivity contribution in [1.29, 1.82) is 0 Å². The smallest absolute Gasteiger partial charge is 0.358 e. The topological polar surface area (TPSA) is 70.5 Å². The van der Waals surface area contributed by atoms with Crippen molar-refractivity contribution >= 4 is 5.97 Å². The molecule has 1 aromatic heterocycles. The number of esters is 1. The summed E-state index contributed by atoms with van der Waals surface area (Å²) in [5, 5.41) is 0. The van der Waals surface area contributed by atoms with Crippen LogP contribution >= 0.6 is 0 Å². The summed E-state index contributed by atoms with van der Waals surface area (Å²) in [6.07, 6.45) is 2.75. The zero-order valence-corrected chi connectivity index (χ0v) is 11.2. The second-order valence-corrected chi connectivity index (χ2v) is 3.92. The number of ether oxygens (including phenoxy) is 3. The highest BCUT2D eigenvalue weighted by Crippen LogP contribution is 2.20. The van der Waals surface area contributed by atoms with E-state index >= 15 is 0 Å². The zero-order chi connectivity index (χ0) is 14.4. The predicted molar refractivity (Wildman–Crippen MR) is 70.6 cm³/mol. The molecule has 20 heavy (non-hydrogen) atoms. The lowest BCUT2D eigenvalue weighted by atomic mass is 10.2. The van der Waals surface area contributed by atoms with Crippen LogP contribution in [-0.4, -0.2) is 30.2 Å². The highest BCUT2D eigenvalue weighted by Gasteiger charge is 2.09. The predicted octanol–water partition coefficient (Wildman–Crippen LogP) is 2.20. The average molecular weight is 274 g/mol. The van der Waals surface area contributed by atoms with Gasteiger partial charge in [-0.05, 0) is 17.7 Å². The van der Waals surface area contributed by atoms with Crippen LogP contribution in [-0.2, 0) is 16.1 Å². The van der Waals surface area contributed by atoms with Gasteiger partial charge >= 0.3 is 5.97 Å². The van der Waals surface area contributed by atoms with Crippen LogP contribution < -0.4 is 4.74 Å². The maximum Gasteiger partial charge on any atom is 0.358 e. The average Bonchev–Trinajstić information content (AvgIpc) is 2.47. The Morgan fingerprint density at radius 2 is 2.10 bits per heavy atom. The normalized spacial score (nSPS) is 10.1. The minimum atomic E-state index is -0.559. The van der Waals surface area contributed by atoms with E-state index in [-0.39, 0.29) is 11.6 Å². The summed E-state index contributed by atoms with van der Waals surface area (Å²) in [5.74, 6) is 0.259. The van der Waals surface area contributed by atoms with Crippen molar-refractivity contribution in [3.63, 3.8) is 0 Å². The first kappa shape index (κ1) is 14.0. The maximum atomic E-state index is 11.4. The molecule has 0 aliphatic heterocycles. The highest BCUT2D eigenvalue weighted by atomic mass is 16.5. The number of aromatic nitrogens is 2. The first-order valence-electron chi connectivity index (χ1n) is 5.89. The maximum absolute atomic E-state index is 11.4. The van der Waals surface area contributed by atoms with Crippen LogP contribution in [0.3, 0.4) is 0 Å². The second kappa shape index (κ2) is 6.63. The Bertz CT molecular complexity index is 601. The van der Waals surface area contributed by atoms with Gasteiger partial charge < -0.3 is 14.2 Å². The van der Waals surface area contributed by atoms with Crippen LogP contribution in [0.5, 0.6) is 11.6 Å². The number of carbonyl (C=O) groups excluding carboxylic acids is 1. The van der Waals surface area contributed by atoms with Gasteiger partial charge in [0.25, 0.3) is 0 Å². The van der Waals surface area contributed by atoms with E-state index in [4.69, 9.17) is 9.47 Å². The van der Waals surface area contributed by atoms with Crippen LogP contribution in [0.25, 0.3) is 0 Å². The van der Waals surface area contributed by atoms with Gasteiger partial charge in [0, 0.05) is 7.11 Å². The van der Waals surface area contributed by atoms with E-state index < -0.39 is 5.97 Å². The number of benzene rings is 1. The lowest BCUT2D eigenvalue weighted by Gasteiger charge is -2.07.